The molecule has 13 heteroatoms. The van der Waals surface area contributed by atoms with Gasteiger partial charge in [-0.25, -0.2) is 4.57 Å². The molecule has 0 aliphatic carbocycles. The van der Waals surface area contributed by atoms with Gasteiger partial charge in [-0.3, -0.25) is 23.4 Å². The molecule has 0 saturated carbocycles. The summed E-state index contributed by atoms with van der Waals surface area (Å²) >= 11 is 0. The molecule has 4 N–H and O–H groups in total. The first kappa shape index (κ1) is 49.9. The molecule has 55 heavy (non-hydrogen) atoms. The van der Waals surface area contributed by atoms with Crippen LogP contribution in [-0.2, 0) is 42.2 Å². The van der Waals surface area contributed by atoms with Crippen molar-refractivity contribution in [3.05, 3.63) is 72.9 Å². The van der Waals surface area contributed by atoms with E-state index < -0.39 is 51.1 Å². The highest BCUT2D eigenvalue weighted by molar-refractivity contribution is 7.47. The van der Waals surface area contributed by atoms with Gasteiger partial charge < -0.3 is 29.9 Å². The third-order valence-corrected chi connectivity index (χ3v) is 9.30. The van der Waals surface area contributed by atoms with Crippen LogP contribution in [0, 0.1) is 0 Å². The lowest BCUT2D eigenvalue weighted by Gasteiger charge is -2.20. The molecule has 0 aromatic heterocycles. The minimum absolute atomic E-state index is 0.0274. The van der Waals surface area contributed by atoms with Gasteiger partial charge >= 0.3 is 25.7 Å². The number of carbonyl (C=O) groups is 3. The lowest BCUT2D eigenvalue weighted by Crippen LogP contribution is -2.34. The molecule has 12 nitrogen and oxygen atoms in total. The first-order valence-electron chi connectivity index (χ1n) is 20.1. The van der Waals surface area contributed by atoms with Crippen LogP contribution in [0.4, 0.5) is 0 Å². The molecular formula is C42H68NO11P. The number of nitrogens with two attached hydrogens (primary N) is 1. The van der Waals surface area contributed by atoms with Crippen molar-refractivity contribution in [1.29, 1.82) is 0 Å². The highest BCUT2D eigenvalue weighted by Crippen LogP contribution is 2.43. The van der Waals surface area contributed by atoms with E-state index in [0.717, 1.165) is 70.6 Å². The molecule has 1 fully saturated rings. The number of phosphoric acid groups is 1. The number of hydrogen-bond donors (Lipinski definition) is 3. The van der Waals surface area contributed by atoms with Crippen LogP contribution in [0.5, 0.6) is 0 Å². The summed E-state index contributed by atoms with van der Waals surface area (Å²) in [6.45, 7) is 2.52. The van der Waals surface area contributed by atoms with Crippen molar-refractivity contribution in [2.45, 2.75) is 154 Å². The van der Waals surface area contributed by atoms with Crippen LogP contribution >= 0.6 is 7.82 Å². The van der Waals surface area contributed by atoms with Crippen LogP contribution < -0.4 is 5.73 Å². The normalized spacial score (nSPS) is 18.3. The molecule has 3 unspecified atom stereocenters. The molecule has 1 aliphatic rings. The maximum absolute atomic E-state index is 12.6. The zero-order valence-corrected chi connectivity index (χ0v) is 34.1. The third-order valence-electron chi connectivity index (χ3n) is 8.35. The molecule has 0 amide bonds. The Labute approximate surface area is 329 Å². The third kappa shape index (κ3) is 30.7. The van der Waals surface area contributed by atoms with E-state index in [9.17, 15) is 23.8 Å². The van der Waals surface area contributed by atoms with Crippen molar-refractivity contribution in [2.75, 3.05) is 19.8 Å². The number of rotatable bonds is 35. The standard InChI is InChI=1S/C42H68NO11P/c1-3-5-7-8-9-10-13-17-20-23-27-31-40(44)50-33-36(34-51-55(48,49)52-35-37(43)42(46)47)53-41(45)32-28-24-21-18-15-12-11-14-16-19-22-26-30-39-38(54-39)29-25-6-4-2/h6,8-9,12,14-16,21-22,24-26,36-39H,3-5,7,10-11,13,17-20,23,27-35,43H2,1-2H3,(H,46,47)(H,48,49)/b9-8-,15-12-,16-14-,24-21-,25-6-,26-22-/t36-,37+,38?,39?/m1/s1. The SMILES string of the molecule is CC/C=C\CC1OC1C/C=C\C/C=C\C/C=C\C/C=C\CCC(=O)O[C@H](COC(=O)CCCCCCC/C=C\CCCC)COP(=O)(O)OC[C@H](N)C(=O)O. The molecule has 0 aromatic carbocycles. The van der Waals surface area contributed by atoms with Gasteiger partial charge in [-0.2, -0.15) is 0 Å². The van der Waals surface area contributed by atoms with Gasteiger partial charge in [0.15, 0.2) is 6.10 Å². The molecule has 5 atom stereocenters. The molecule has 0 spiro atoms. The Balaban J connectivity index is 2.37. The van der Waals surface area contributed by atoms with E-state index >= 15 is 0 Å². The van der Waals surface area contributed by atoms with E-state index in [1.54, 1.807) is 0 Å². The lowest BCUT2D eigenvalue weighted by atomic mass is 10.1. The summed E-state index contributed by atoms with van der Waals surface area (Å²) < 4.78 is 38.1. The molecule has 1 aliphatic heterocycles. The van der Waals surface area contributed by atoms with Gasteiger partial charge in [-0.15, -0.1) is 0 Å². The number of carboxylic acids is 1. The zero-order chi connectivity index (χ0) is 40.4. The summed E-state index contributed by atoms with van der Waals surface area (Å²) in [7, 11) is -4.74. The number of allylic oxidation sites excluding steroid dienone is 10. The van der Waals surface area contributed by atoms with Gasteiger partial charge in [0.2, 0.25) is 0 Å². The smallest absolute Gasteiger partial charge is 0.472 e. The average molecular weight is 794 g/mol. The number of unbranched alkanes of at least 4 members (excludes halogenated alkanes) is 7. The van der Waals surface area contributed by atoms with Crippen molar-refractivity contribution < 1.29 is 52.2 Å². The minimum atomic E-state index is -4.74. The molecule has 1 rings (SSSR count). The topological polar surface area (TPSA) is 184 Å². The van der Waals surface area contributed by atoms with Gasteiger partial charge in [0.25, 0.3) is 0 Å². The number of ether oxygens (including phenoxy) is 3. The van der Waals surface area contributed by atoms with Gasteiger partial charge in [0.1, 0.15) is 12.6 Å². The second-order valence-electron chi connectivity index (χ2n) is 13.4. The van der Waals surface area contributed by atoms with E-state index in [1.165, 1.54) is 12.8 Å². The van der Waals surface area contributed by atoms with Crippen LogP contribution in [0.1, 0.15) is 129 Å². The summed E-state index contributed by atoms with van der Waals surface area (Å²) in [6, 6.07) is -1.54. The summed E-state index contributed by atoms with van der Waals surface area (Å²) in [5, 5.41) is 8.87. The Morgan fingerprint density at radius 1 is 0.673 bits per heavy atom. The van der Waals surface area contributed by atoms with E-state index in [2.05, 4.69) is 73.1 Å². The number of aliphatic carboxylic acids is 1. The Morgan fingerprint density at radius 3 is 1.85 bits per heavy atom. The zero-order valence-electron chi connectivity index (χ0n) is 33.2. The lowest BCUT2D eigenvalue weighted by molar-refractivity contribution is -0.161. The first-order valence-corrected chi connectivity index (χ1v) is 21.6. The van der Waals surface area contributed by atoms with E-state index in [-0.39, 0.29) is 19.4 Å². The first-order chi connectivity index (χ1) is 26.6. The Kier molecular flexibility index (Phi) is 30.0. The van der Waals surface area contributed by atoms with Crippen molar-refractivity contribution >= 4 is 25.7 Å². The molecule has 312 valence electrons. The molecule has 0 bridgehead atoms. The fourth-order valence-electron chi connectivity index (χ4n) is 5.05. The van der Waals surface area contributed by atoms with Crippen molar-refractivity contribution in [3.8, 4) is 0 Å². The predicted octanol–water partition coefficient (Wildman–Crippen LogP) is 9.15. The fourth-order valence-corrected chi connectivity index (χ4v) is 5.83. The van der Waals surface area contributed by atoms with Gasteiger partial charge in [-0.05, 0) is 70.6 Å². The second kappa shape index (κ2) is 33.1. The van der Waals surface area contributed by atoms with Crippen molar-refractivity contribution in [1.82, 2.24) is 0 Å². The van der Waals surface area contributed by atoms with Crippen LogP contribution in [0.15, 0.2) is 72.9 Å². The highest BCUT2D eigenvalue weighted by atomic mass is 31.2. The van der Waals surface area contributed by atoms with Gasteiger partial charge in [0, 0.05) is 12.8 Å². The largest absolute Gasteiger partial charge is 0.480 e. The van der Waals surface area contributed by atoms with Crippen LogP contribution in [-0.4, -0.2) is 72.1 Å². The summed E-state index contributed by atoms with van der Waals surface area (Å²) in [5.41, 5.74) is 5.31. The monoisotopic (exact) mass is 793 g/mol. The molecular weight excluding hydrogens is 725 g/mol. The maximum Gasteiger partial charge on any atom is 0.472 e. The van der Waals surface area contributed by atoms with Crippen LogP contribution in [0.2, 0.25) is 0 Å². The molecule has 1 saturated heterocycles. The van der Waals surface area contributed by atoms with E-state index in [1.807, 2.05) is 18.2 Å². The van der Waals surface area contributed by atoms with Crippen LogP contribution in [0.25, 0.3) is 0 Å². The van der Waals surface area contributed by atoms with Gasteiger partial charge in [-0.1, -0.05) is 119 Å². The summed E-state index contributed by atoms with van der Waals surface area (Å²) in [6.07, 6.45) is 40.3. The minimum Gasteiger partial charge on any atom is -0.480 e. The number of carbonyl (C=O) groups excluding carboxylic acids is 2. The molecule has 0 radical (unpaired) electrons. The van der Waals surface area contributed by atoms with E-state index in [4.69, 9.17) is 29.6 Å². The highest BCUT2D eigenvalue weighted by Gasteiger charge is 2.36. The van der Waals surface area contributed by atoms with E-state index in [0.29, 0.717) is 31.5 Å². The van der Waals surface area contributed by atoms with Crippen molar-refractivity contribution in [3.63, 3.8) is 0 Å². The number of epoxide rings is 1. The van der Waals surface area contributed by atoms with Crippen molar-refractivity contribution in [2.24, 2.45) is 5.73 Å². The second-order valence-corrected chi connectivity index (χ2v) is 14.9. The number of hydrogen-bond acceptors (Lipinski definition) is 10. The maximum atomic E-state index is 12.6. The number of carboxylic acid groups (broad SMARTS) is 1. The summed E-state index contributed by atoms with van der Waals surface area (Å²) in [5.74, 6) is -2.52. The average Bonchev–Trinajstić information content (AvgIpc) is 3.91. The Hall–Kier alpha value is -3.12. The molecule has 0 aromatic rings. The fraction of sp³-hybridized carbons (Fsp3) is 0.643. The summed E-state index contributed by atoms with van der Waals surface area (Å²) in [4.78, 5) is 45.8. The Morgan fingerprint density at radius 2 is 1.22 bits per heavy atom. The Bertz CT molecular complexity index is 1280. The van der Waals surface area contributed by atoms with Crippen LogP contribution in [0.3, 0.4) is 0 Å². The van der Waals surface area contributed by atoms with Gasteiger partial charge in [0.05, 0.1) is 25.4 Å². The number of esters is 2. The molecule has 1 heterocycles. The quantitative estimate of drug-likeness (QED) is 0.0182. The number of phosphoric ester groups is 1. The predicted molar refractivity (Wildman–Crippen MR) is 216 cm³/mol.